The molecule has 0 atom stereocenters. The first kappa shape index (κ1) is 32.5. The van der Waals surface area contributed by atoms with E-state index >= 15 is 0 Å². The van der Waals surface area contributed by atoms with Crippen LogP contribution in [-0.2, 0) is 43.2 Å². The van der Waals surface area contributed by atoms with Gasteiger partial charge in [0.25, 0.3) is 0 Å². The number of fused-ring (bicyclic) bond motifs is 1. The third kappa shape index (κ3) is 5.64. The van der Waals surface area contributed by atoms with Gasteiger partial charge in [-0.25, -0.2) is 0 Å². The lowest BCUT2D eigenvalue weighted by atomic mass is 9.74. The summed E-state index contributed by atoms with van der Waals surface area (Å²) in [5.41, 5.74) is -32.7. The van der Waals surface area contributed by atoms with Crippen molar-refractivity contribution in [2.75, 3.05) is 0 Å². The van der Waals surface area contributed by atoms with Crippen LogP contribution in [0.3, 0.4) is 0 Å². The summed E-state index contributed by atoms with van der Waals surface area (Å²) in [7, 11) is -0.654. The Bertz CT molecular complexity index is 1290. The molecule has 0 saturated heterocycles. The first-order valence-corrected chi connectivity index (χ1v) is 8.97. The summed E-state index contributed by atoms with van der Waals surface area (Å²) in [6, 6.07) is 0. The molecule has 2 aromatic carbocycles. The SMILES string of the molecule is Bc1c(C(F)(F)F)c(C(F)(F)F)c2c(C(F)(F)F)c(C(F)(F)F)c(C(F)(F)F)c(C(F)(F)F)c2c1C(F)(F)F. The van der Waals surface area contributed by atoms with Crippen molar-refractivity contribution in [3.63, 3.8) is 0 Å². The smallest absolute Gasteiger partial charge is 0.166 e. The van der Waals surface area contributed by atoms with Gasteiger partial charge in [0.05, 0.1) is 38.9 Å². The molecule has 220 valence electrons. The highest BCUT2D eigenvalue weighted by Gasteiger charge is 2.60. The quantitative estimate of drug-likeness (QED) is 0.207. The largest absolute Gasteiger partial charge is 0.417 e. The fraction of sp³-hybridized carbons (Fsp3) is 0.412. The fourth-order valence-electron chi connectivity index (χ4n) is 4.00. The summed E-state index contributed by atoms with van der Waals surface area (Å²) in [5, 5.41) is -7.94. The van der Waals surface area contributed by atoms with Gasteiger partial charge in [-0.1, -0.05) is 5.46 Å². The Labute approximate surface area is 199 Å². The van der Waals surface area contributed by atoms with Crippen LogP contribution < -0.4 is 5.46 Å². The number of hydrogen-bond acceptors (Lipinski definition) is 0. The molecule has 0 fully saturated rings. The molecule has 0 aliphatic carbocycles. The van der Waals surface area contributed by atoms with Crippen molar-refractivity contribution in [3.05, 3.63) is 38.9 Å². The number of hydrogen-bond donors (Lipinski definition) is 0. The van der Waals surface area contributed by atoms with Crippen LogP contribution >= 0.6 is 0 Å². The van der Waals surface area contributed by atoms with E-state index in [2.05, 4.69) is 0 Å². The molecule has 39 heavy (non-hydrogen) atoms. The monoisotopic (exact) mass is 616 g/mol. The summed E-state index contributed by atoms with van der Waals surface area (Å²) >= 11 is 0. The molecule has 0 aromatic heterocycles. The maximum atomic E-state index is 13.8. The highest BCUT2D eigenvalue weighted by atomic mass is 19.4. The molecule has 2 aromatic rings. The summed E-state index contributed by atoms with van der Waals surface area (Å²) in [4.78, 5) is 0. The van der Waals surface area contributed by atoms with Crippen LogP contribution in [0.5, 0.6) is 0 Å². The Kier molecular flexibility index (Phi) is 7.21. The molecule has 0 nitrogen and oxygen atoms in total. The second kappa shape index (κ2) is 8.65. The second-order valence-corrected chi connectivity index (χ2v) is 7.48. The zero-order chi connectivity index (χ0) is 31.3. The Hall–Kier alpha value is -2.71. The summed E-state index contributed by atoms with van der Waals surface area (Å²) in [6.45, 7) is 0. The normalized spacial score (nSPS) is 14.9. The number of alkyl halides is 21. The van der Waals surface area contributed by atoms with Crippen molar-refractivity contribution in [2.45, 2.75) is 43.2 Å². The van der Waals surface area contributed by atoms with Crippen molar-refractivity contribution in [2.24, 2.45) is 0 Å². The van der Waals surface area contributed by atoms with Crippen LogP contribution in [0.2, 0.25) is 0 Å². The van der Waals surface area contributed by atoms with Gasteiger partial charge < -0.3 is 0 Å². The molecule has 22 heteroatoms. The molecular formula is C17H2BF21. The first-order chi connectivity index (χ1) is 16.8. The molecule has 2 rings (SSSR count). The Morgan fingerprint density at radius 3 is 0.641 bits per heavy atom. The minimum absolute atomic E-state index is 0.654. The maximum Gasteiger partial charge on any atom is 0.417 e. The number of benzene rings is 2. The minimum Gasteiger partial charge on any atom is -0.166 e. The lowest BCUT2D eigenvalue weighted by Crippen LogP contribution is -2.36. The van der Waals surface area contributed by atoms with Gasteiger partial charge in [-0.2, -0.15) is 92.2 Å². The summed E-state index contributed by atoms with van der Waals surface area (Å²) < 4.78 is 287. The van der Waals surface area contributed by atoms with E-state index in [1.165, 1.54) is 0 Å². The Morgan fingerprint density at radius 2 is 0.436 bits per heavy atom. The molecule has 0 heterocycles. The maximum absolute atomic E-state index is 13.8. The molecule has 0 saturated carbocycles. The average molecular weight is 616 g/mol. The molecule has 0 N–H and O–H groups in total. The lowest BCUT2D eigenvalue weighted by Gasteiger charge is -2.32. The van der Waals surface area contributed by atoms with Crippen molar-refractivity contribution >= 4 is 24.1 Å². The zero-order valence-corrected chi connectivity index (χ0v) is 17.4. The van der Waals surface area contributed by atoms with Gasteiger partial charge in [-0.3, -0.25) is 0 Å². The average Bonchev–Trinajstić information content (AvgIpc) is 2.58. The third-order valence-corrected chi connectivity index (χ3v) is 4.98. The molecule has 0 radical (unpaired) electrons. The van der Waals surface area contributed by atoms with Crippen LogP contribution in [0.25, 0.3) is 10.8 Å². The molecule has 0 aliphatic rings. The highest BCUT2D eigenvalue weighted by molar-refractivity contribution is 6.36. The van der Waals surface area contributed by atoms with Crippen LogP contribution in [-0.4, -0.2) is 7.85 Å². The molecule has 0 bridgehead atoms. The van der Waals surface area contributed by atoms with Crippen molar-refractivity contribution < 1.29 is 92.2 Å². The topological polar surface area (TPSA) is 0 Å². The van der Waals surface area contributed by atoms with Crippen molar-refractivity contribution in [3.8, 4) is 0 Å². The van der Waals surface area contributed by atoms with E-state index < -0.39 is 106 Å². The van der Waals surface area contributed by atoms with Crippen LogP contribution in [0, 0.1) is 0 Å². The van der Waals surface area contributed by atoms with Gasteiger partial charge in [0, 0.05) is 10.8 Å². The molecule has 0 unspecified atom stereocenters. The number of rotatable bonds is 0. The summed E-state index contributed by atoms with van der Waals surface area (Å²) in [5.74, 6) is 0. The van der Waals surface area contributed by atoms with Gasteiger partial charge in [-0.15, -0.1) is 0 Å². The summed E-state index contributed by atoms with van der Waals surface area (Å²) in [6.07, 6.45) is -50.1. The van der Waals surface area contributed by atoms with E-state index in [1.807, 2.05) is 0 Å². The molecule has 0 aliphatic heterocycles. The Balaban J connectivity index is 3.99. The molecule has 0 spiro atoms. The third-order valence-electron chi connectivity index (χ3n) is 4.98. The standard InChI is InChI=1S/C17H2BF21/c18-10-6(14(28,29)30)2-1(5(13(25,26)27)9(10)17(37,38)39)3(11(19,20)21)7(15(31,32)33)8(16(34,35)36)4(2)12(22,23)24/h18H2. The van der Waals surface area contributed by atoms with Gasteiger partial charge in [0.15, 0.2) is 0 Å². The second-order valence-electron chi connectivity index (χ2n) is 7.48. The van der Waals surface area contributed by atoms with E-state index in [0.29, 0.717) is 0 Å². The van der Waals surface area contributed by atoms with E-state index in [-0.39, 0.29) is 0 Å². The zero-order valence-electron chi connectivity index (χ0n) is 17.4. The predicted molar refractivity (Wildman–Crippen MR) is 87.1 cm³/mol. The number of halogens is 21. The van der Waals surface area contributed by atoms with Crippen LogP contribution in [0.4, 0.5) is 92.2 Å². The Morgan fingerprint density at radius 1 is 0.256 bits per heavy atom. The highest BCUT2D eigenvalue weighted by Crippen LogP contribution is 2.59. The molecule has 0 amide bonds. The van der Waals surface area contributed by atoms with E-state index in [0.717, 1.165) is 0 Å². The van der Waals surface area contributed by atoms with Gasteiger partial charge >= 0.3 is 43.2 Å². The van der Waals surface area contributed by atoms with E-state index in [1.54, 1.807) is 0 Å². The van der Waals surface area contributed by atoms with Gasteiger partial charge in [0.1, 0.15) is 7.85 Å². The van der Waals surface area contributed by atoms with Crippen LogP contribution in [0.15, 0.2) is 0 Å². The first-order valence-electron chi connectivity index (χ1n) is 8.97. The lowest BCUT2D eigenvalue weighted by molar-refractivity contribution is -0.182. The molecular weight excluding hydrogens is 614 g/mol. The predicted octanol–water partition coefficient (Wildman–Crippen LogP) is 8.23. The fourth-order valence-corrected chi connectivity index (χ4v) is 4.00. The van der Waals surface area contributed by atoms with Gasteiger partial charge in [-0.05, 0) is 0 Å². The van der Waals surface area contributed by atoms with Crippen molar-refractivity contribution in [1.82, 2.24) is 0 Å². The van der Waals surface area contributed by atoms with Crippen LogP contribution in [0.1, 0.15) is 38.9 Å². The van der Waals surface area contributed by atoms with E-state index in [4.69, 9.17) is 0 Å². The van der Waals surface area contributed by atoms with Crippen molar-refractivity contribution in [1.29, 1.82) is 0 Å². The van der Waals surface area contributed by atoms with E-state index in [9.17, 15) is 92.2 Å². The minimum atomic E-state index is -7.37. The van der Waals surface area contributed by atoms with Gasteiger partial charge in [0.2, 0.25) is 0 Å².